The van der Waals surface area contributed by atoms with Gasteiger partial charge >= 0.3 is 0 Å². The lowest BCUT2D eigenvalue weighted by atomic mass is 10.1. The maximum atomic E-state index is 12.7. The topological polar surface area (TPSA) is 84.9 Å². The number of ether oxygens (including phenoxy) is 2. The monoisotopic (exact) mass is 426 g/mol. The molecule has 0 saturated heterocycles. The van der Waals surface area contributed by atoms with Crippen molar-refractivity contribution >= 4 is 33.2 Å². The van der Waals surface area contributed by atoms with Crippen LogP contribution in [0.15, 0.2) is 36.4 Å². The Balaban J connectivity index is 2.26. The fourth-order valence-corrected chi connectivity index (χ4v) is 3.36. The van der Waals surface area contributed by atoms with Crippen LogP contribution in [0, 0.1) is 0 Å². The number of amides is 1. The van der Waals surface area contributed by atoms with E-state index in [9.17, 15) is 13.2 Å². The molecule has 0 bridgehead atoms. The fraction of sp³-hybridized carbons (Fsp3) is 0.316. The third-order valence-electron chi connectivity index (χ3n) is 4.31. The van der Waals surface area contributed by atoms with Gasteiger partial charge in [0.2, 0.25) is 10.0 Å². The SMILES string of the molecule is COc1ccc(OC)c([C@H](C)NC(=O)c2ccc(N(C)S(C)(=O)=O)cc2Cl)c1. The summed E-state index contributed by atoms with van der Waals surface area (Å²) in [5.41, 5.74) is 1.35. The molecule has 1 atom stereocenters. The van der Waals surface area contributed by atoms with Gasteiger partial charge in [-0.15, -0.1) is 0 Å². The van der Waals surface area contributed by atoms with Crippen LogP contribution in [0.25, 0.3) is 0 Å². The molecule has 0 saturated carbocycles. The second kappa shape index (κ2) is 8.70. The van der Waals surface area contributed by atoms with Gasteiger partial charge in [0.25, 0.3) is 5.91 Å². The number of rotatable bonds is 7. The van der Waals surface area contributed by atoms with Crippen LogP contribution >= 0.6 is 11.6 Å². The van der Waals surface area contributed by atoms with Gasteiger partial charge in [-0.3, -0.25) is 9.10 Å². The van der Waals surface area contributed by atoms with Crippen molar-refractivity contribution < 1.29 is 22.7 Å². The number of hydrogen-bond acceptors (Lipinski definition) is 5. The van der Waals surface area contributed by atoms with Gasteiger partial charge in [0, 0.05) is 12.6 Å². The molecule has 0 spiro atoms. The van der Waals surface area contributed by atoms with Crippen molar-refractivity contribution in [2.24, 2.45) is 0 Å². The van der Waals surface area contributed by atoms with E-state index >= 15 is 0 Å². The first-order valence-electron chi connectivity index (χ1n) is 8.34. The summed E-state index contributed by atoms with van der Waals surface area (Å²) >= 11 is 6.23. The number of carbonyl (C=O) groups is 1. The molecular formula is C19H23ClN2O5S. The molecular weight excluding hydrogens is 404 g/mol. The first-order chi connectivity index (χ1) is 13.1. The number of hydrogen-bond donors (Lipinski definition) is 1. The van der Waals surface area contributed by atoms with Crippen molar-refractivity contribution in [2.45, 2.75) is 13.0 Å². The number of carbonyl (C=O) groups excluding carboxylic acids is 1. The van der Waals surface area contributed by atoms with E-state index in [1.165, 1.54) is 25.2 Å². The second-order valence-electron chi connectivity index (χ2n) is 6.20. The standard InChI is InChI=1S/C19H23ClN2O5S/c1-12(16-11-14(26-3)7-9-18(16)27-4)21-19(23)15-8-6-13(10-17(15)20)22(2)28(5,24)25/h6-12H,1-5H3,(H,21,23)/t12-/m0/s1. The zero-order valence-corrected chi connectivity index (χ0v) is 17.9. The Labute approximate surface area is 170 Å². The third-order valence-corrected chi connectivity index (χ3v) is 5.83. The Morgan fingerprint density at radius 1 is 1.14 bits per heavy atom. The highest BCUT2D eigenvalue weighted by molar-refractivity contribution is 7.92. The lowest BCUT2D eigenvalue weighted by Crippen LogP contribution is -2.28. The van der Waals surface area contributed by atoms with Crippen molar-refractivity contribution in [2.75, 3.05) is 31.8 Å². The quantitative estimate of drug-likeness (QED) is 0.734. The van der Waals surface area contributed by atoms with E-state index in [0.717, 1.165) is 16.1 Å². The molecule has 0 aromatic heterocycles. The normalized spacial score (nSPS) is 12.2. The molecule has 0 aliphatic heterocycles. The smallest absolute Gasteiger partial charge is 0.253 e. The first kappa shape index (κ1) is 21.8. The summed E-state index contributed by atoms with van der Waals surface area (Å²) in [7, 11) is 1.10. The van der Waals surface area contributed by atoms with Gasteiger partial charge in [0.05, 0.1) is 42.8 Å². The van der Waals surface area contributed by atoms with E-state index in [-0.39, 0.29) is 16.6 Å². The van der Waals surface area contributed by atoms with Gasteiger partial charge in [0.15, 0.2) is 0 Å². The van der Waals surface area contributed by atoms with Gasteiger partial charge in [-0.2, -0.15) is 0 Å². The summed E-state index contributed by atoms with van der Waals surface area (Å²) in [6, 6.07) is 9.39. The number of nitrogens with one attached hydrogen (secondary N) is 1. The van der Waals surface area contributed by atoms with E-state index < -0.39 is 15.9 Å². The molecule has 0 radical (unpaired) electrons. The molecule has 152 valence electrons. The molecule has 0 aliphatic carbocycles. The predicted octanol–water partition coefficient (Wildman–Crippen LogP) is 3.24. The molecule has 9 heteroatoms. The minimum Gasteiger partial charge on any atom is -0.497 e. The van der Waals surface area contributed by atoms with E-state index in [4.69, 9.17) is 21.1 Å². The molecule has 2 aromatic rings. The van der Waals surface area contributed by atoms with Crippen LogP contribution < -0.4 is 19.1 Å². The molecule has 7 nitrogen and oxygen atoms in total. The molecule has 1 N–H and O–H groups in total. The van der Waals surface area contributed by atoms with E-state index in [0.29, 0.717) is 17.2 Å². The second-order valence-corrected chi connectivity index (χ2v) is 8.62. The average molecular weight is 427 g/mol. The van der Waals surface area contributed by atoms with Crippen LogP contribution in [0.1, 0.15) is 28.9 Å². The fourth-order valence-electron chi connectivity index (χ4n) is 2.61. The van der Waals surface area contributed by atoms with Crippen molar-refractivity contribution in [1.82, 2.24) is 5.32 Å². The molecule has 28 heavy (non-hydrogen) atoms. The number of nitrogens with zero attached hydrogens (tertiary/aromatic N) is 1. The summed E-state index contributed by atoms with van der Waals surface area (Å²) in [5, 5.41) is 3.02. The Kier molecular flexibility index (Phi) is 6.79. The highest BCUT2D eigenvalue weighted by Crippen LogP contribution is 2.30. The van der Waals surface area contributed by atoms with Crippen LogP contribution in [-0.4, -0.2) is 41.8 Å². The number of sulfonamides is 1. The Bertz CT molecular complexity index is 978. The molecule has 0 aliphatic rings. The van der Waals surface area contributed by atoms with Crippen LogP contribution in [-0.2, 0) is 10.0 Å². The largest absolute Gasteiger partial charge is 0.497 e. The van der Waals surface area contributed by atoms with Crippen molar-refractivity contribution in [3.63, 3.8) is 0 Å². The lowest BCUT2D eigenvalue weighted by Gasteiger charge is -2.20. The highest BCUT2D eigenvalue weighted by atomic mass is 35.5. The average Bonchev–Trinajstić information content (AvgIpc) is 2.65. The van der Waals surface area contributed by atoms with Crippen molar-refractivity contribution in [3.05, 3.63) is 52.5 Å². The van der Waals surface area contributed by atoms with Crippen LogP contribution in [0.5, 0.6) is 11.5 Å². The third kappa shape index (κ3) is 4.88. The summed E-state index contributed by atoms with van der Waals surface area (Å²) in [4.78, 5) is 12.7. The van der Waals surface area contributed by atoms with E-state index in [1.807, 2.05) is 6.92 Å². The van der Waals surface area contributed by atoms with Crippen molar-refractivity contribution in [1.29, 1.82) is 0 Å². The summed E-state index contributed by atoms with van der Waals surface area (Å²) < 4.78 is 35.0. The zero-order chi connectivity index (χ0) is 21.1. The summed E-state index contributed by atoms with van der Waals surface area (Å²) in [6.07, 6.45) is 1.09. The maximum absolute atomic E-state index is 12.7. The number of methoxy groups -OCH3 is 2. The van der Waals surface area contributed by atoms with Crippen LogP contribution in [0.4, 0.5) is 5.69 Å². The Hall–Kier alpha value is -2.45. The molecule has 0 unspecified atom stereocenters. The van der Waals surface area contributed by atoms with Crippen LogP contribution in [0.3, 0.4) is 0 Å². The summed E-state index contributed by atoms with van der Waals surface area (Å²) in [5.74, 6) is 0.865. The highest BCUT2D eigenvalue weighted by Gasteiger charge is 2.19. The van der Waals surface area contributed by atoms with Gasteiger partial charge < -0.3 is 14.8 Å². The summed E-state index contributed by atoms with van der Waals surface area (Å²) in [6.45, 7) is 1.81. The molecule has 2 aromatic carbocycles. The van der Waals surface area contributed by atoms with Crippen LogP contribution in [0.2, 0.25) is 5.02 Å². The Morgan fingerprint density at radius 2 is 1.82 bits per heavy atom. The number of halogens is 1. The molecule has 2 rings (SSSR count). The van der Waals surface area contributed by atoms with Gasteiger partial charge in [0.1, 0.15) is 11.5 Å². The molecule has 0 heterocycles. The van der Waals surface area contributed by atoms with E-state index in [1.54, 1.807) is 32.4 Å². The maximum Gasteiger partial charge on any atom is 0.253 e. The van der Waals surface area contributed by atoms with Gasteiger partial charge in [-0.1, -0.05) is 11.6 Å². The number of benzene rings is 2. The minimum absolute atomic E-state index is 0.148. The van der Waals surface area contributed by atoms with Gasteiger partial charge in [-0.05, 0) is 43.3 Å². The van der Waals surface area contributed by atoms with Crippen molar-refractivity contribution in [3.8, 4) is 11.5 Å². The Morgan fingerprint density at radius 3 is 2.36 bits per heavy atom. The van der Waals surface area contributed by atoms with E-state index in [2.05, 4.69) is 5.32 Å². The number of anilines is 1. The molecule has 1 amide bonds. The minimum atomic E-state index is -3.43. The van der Waals surface area contributed by atoms with Gasteiger partial charge in [-0.25, -0.2) is 8.42 Å². The first-order valence-corrected chi connectivity index (χ1v) is 10.6. The lowest BCUT2D eigenvalue weighted by molar-refractivity contribution is 0.0939. The molecule has 0 fully saturated rings. The predicted molar refractivity (Wildman–Crippen MR) is 110 cm³/mol. The zero-order valence-electron chi connectivity index (χ0n) is 16.3.